The third kappa shape index (κ3) is 4.35. The van der Waals surface area contributed by atoms with E-state index in [-0.39, 0.29) is 17.8 Å². The third-order valence-corrected chi connectivity index (χ3v) is 3.21. The summed E-state index contributed by atoms with van der Waals surface area (Å²) >= 11 is 0. The van der Waals surface area contributed by atoms with Gasteiger partial charge in [-0.1, -0.05) is 6.07 Å². The average Bonchev–Trinajstić information content (AvgIpc) is 2.55. The highest BCUT2D eigenvalue weighted by molar-refractivity contribution is 5.99. The van der Waals surface area contributed by atoms with E-state index in [2.05, 4.69) is 10.6 Å². The topological polar surface area (TPSA) is 101 Å². The number of nitro benzene ring substituents is 1. The van der Waals surface area contributed by atoms with Crippen molar-refractivity contribution in [1.82, 2.24) is 5.32 Å². The maximum absolute atomic E-state index is 12.8. The summed E-state index contributed by atoms with van der Waals surface area (Å²) in [5.41, 5.74) is 0.743. The molecular formula is C16H14FN3O4. The molecule has 0 unspecified atom stereocenters. The molecule has 0 atom stereocenters. The lowest BCUT2D eigenvalue weighted by molar-refractivity contribution is -0.385. The molecule has 24 heavy (non-hydrogen) atoms. The third-order valence-electron chi connectivity index (χ3n) is 3.21. The number of benzene rings is 2. The lowest BCUT2D eigenvalue weighted by atomic mass is 10.1. The van der Waals surface area contributed by atoms with E-state index in [0.29, 0.717) is 11.3 Å². The van der Waals surface area contributed by atoms with E-state index in [4.69, 9.17) is 0 Å². The Morgan fingerprint density at radius 3 is 2.46 bits per heavy atom. The molecule has 2 amide bonds. The molecule has 0 heterocycles. The van der Waals surface area contributed by atoms with Gasteiger partial charge in [-0.2, -0.15) is 0 Å². The van der Waals surface area contributed by atoms with Crippen LogP contribution >= 0.6 is 0 Å². The van der Waals surface area contributed by atoms with Crippen molar-refractivity contribution < 1.29 is 18.9 Å². The number of nitro groups is 1. The number of aryl methyl sites for hydroxylation is 1. The minimum atomic E-state index is -0.604. The molecule has 0 aliphatic carbocycles. The number of hydrogen-bond acceptors (Lipinski definition) is 4. The van der Waals surface area contributed by atoms with Gasteiger partial charge in [0.15, 0.2) is 0 Å². The fourth-order valence-electron chi connectivity index (χ4n) is 1.95. The molecule has 2 rings (SSSR count). The first kappa shape index (κ1) is 17.1. The van der Waals surface area contributed by atoms with Gasteiger partial charge in [0.1, 0.15) is 5.82 Å². The molecule has 2 aromatic rings. The Balaban J connectivity index is 1.95. The second-order valence-electron chi connectivity index (χ2n) is 5.00. The number of anilines is 1. The highest BCUT2D eigenvalue weighted by Crippen LogP contribution is 2.19. The van der Waals surface area contributed by atoms with Gasteiger partial charge in [0.25, 0.3) is 11.6 Å². The van der Waals surface area contributed by atoms with Crippen molar-refractivity contribution >= 4 is 23.2 Å². The van der Waals surface area contributed by atoms with Crippen LogP contribution in [0.4, 0.5) is 15.8 Å². The number of halogens is 1. The summed E-state index contributed by atoms with van der Waals surface area (Å²) in [7, 11) is 0. The van der Waals surface area contributed by atoms with Crippen LogP contribution in [-0.2, 0) is 4.79 Å². The zero-order chi connectivity index (χ0) is 17.7. The van der Waals surface area contributed by atoms with Crippen molar-refractivity contribution in [3.05, 3.63) is 69.5 Å². The van der Waals surface area contributed by atoms with Crippen molar-refractivity contribution in [2.75, 3.05) is 11.9 Å². The van der Waals surface area contributed by atoms with E-state index in [1.54, 1.807) is 6.92 Å². The molecule has 0 aromatic heterocycles. The highest BCUT2D eigenvalue weighted by Gasteiger charge is 2.15. The average molecular weight is 331 g/mol. The van der Waals surface area contributed by atoms with Gasteiger partial charge in [0, 0.05) is 22.9 Å². The Morgan fingerprint density at radius 1 is 1.17 bits per heavy atom. The Kier molecular flexibility index (Phi) is 5.20. The number of carbonyl (C=O) groups excluding carboxylic acids is 2. The quantitative estimate of drug-likeness (QED) is 0.649. The molecule has 2 aromatic carbocycles. The zero-order valence-corrected chi connectivity index (χ0v) is 12.7. The molecule has 0 fully saturated rings. The van der Waals surface area contributed by atoms with Crippen molar-refractivity contribution in [3.63, 3.8) is 0 Å². The zero-order valence-electron chi connectivity index (χ0n) is 12.7. The van der Waals surface area contributed by atoms with Gasteiger partial charge in [0.2, 0.25) is 5.91 Å². The maximum atomic E-state index is 12.8. The number of rotatable bonds is 5. The predicted octanol–water partition coefficient (Wildman–Crippen LogP) is 2.41. The molecule has 0 spiro atoms. The summed E-state index contributed by atoms with van der Waals surface area (Å²) in [5, 5.41) is 15.7. The summed E-state index contributed by atoms with van der Waals surface area (Å²) in [6, 6.07) is 9.22. The van der Waals surface area contributed by atoms with E-state index >= 15 is 0 Å². The Hall–Kier alpha value is -3.29. The Bertz CT molecular complexity index is 790. The van der Waals surface area contributed by atoms with E-state index in [0.717, 1.165) is 6.07 Å². The highest BCUT2D eigenvalue weighted by atomic mass is 19.1. The van der Waals surface area contributed by atoms with Crippen molar-refractivity contribution in [2.45, 2.75) is 6.92 Å². The van der Waals surface area contributed by atoms with Crippen LogP contribution in [-0.4, -0.2) is 23.3 Å². The van der Waals surface area contributed by atoms with Crippen LogP contribution in [0.3, 0.4) is 0 Å². The molecular weight excluding hydrogens is 317 g/mol. The van der Waals surface area contributed by atoms with Gasteiger partial charge >= 0.3 is 0 Å². The molecule has 0 bridgehead atoms. The molecule has 0 aliphatic rings. The van der Waals surface area contributed by atoms with Crippen LogP contribution in [0.25, 0.3) is 0 Å². The van der Waals surface area contributed by atoms with Crippen LogP contribution in [0, 0.1) is 22.9 Å². The normalized spacial score (nSPS) is 10.1. The maximum Gasteiger partial charge on any atom is 0.273 e. The number of hydrogen-bond donors (Lipinski definition) is 2. The lowest BCUT2D eigenvalue weighted by Crippen LogP contribution is -2.32. The van der Waals surface area contributed by atoms with Gasteiger partial charge in [-0.15, -0.1) is 0 Å². The summed E-state index contributed by atoms with van der Waals surface area (Å²) in [5.74, 6) is -1.54. The second-order valence-corrected chi connectivity index (χ2v) is 5.00. The fourth-order valence-corrected chi connectivity index (χ4v) is 1.95. The summed E-state index contributed by atoms with van der Waals surface area (Å²) < 4.78 is 12.8. The monoisotopic (exact) mass is 331 g/mol. The van der Waals surface area contributed by atoms with E-state index < -0.39 is 22.6 Å². The minimum Gasteiger partial charge on any atom is -0.343 e. The van der Waals surface area contributed by atoms with E-state index in [1.807, 2.05) is 0 Å². The van der Waals surface area contributed by atoms with E-state index in [1.165, 1.54) is 36.4 Å². The molecule has 0 saturated carbocycles. The van der Waals surface area contributed by atoms with Crippen LogP contribution in [0.15, 0.2) is 42.5 Å². The van der Waals surface area contributed by atoms with Crippen molar-refractivity contribution in [1.29, 1.82) is 0 Å². The SMILES string of the molecule is Cc1ccc(C(=O)NCC(=O)Nc2ccc(F)cc2)cc1[N+](=O)[O-]. The first-order valence-corrected chi connectivity index (χ1v) is 6.95. The molecule has 8 heteroatoms. The fraction of sp³-hybridized carbons (Fsp3) is 0.125. The van der Waals surface area contributed by atoms with Crippen LogP contribution in [0.1, 0.15) is 15.9 Å². The molecule has 0 radical (unpaired) electrons. The smallest absolute Gasteiger partial charge is 0.273 e. The second kappa shape index (κ2) is 7.32. The summed E-state index contributed by atoms with van der Waals surface area (Å²) in [4.78, 5) is 34.0. The van der Waals surface area contributed by atoms with Gasteiger partial charge in [-0.25, -0.2) is 4.39 Å². The number of nitrogens with one attached hydrogen (secondary N) is 2. The molecule has 124 valence electrons. The van der Waals surface area contributed by atoms with Crippen LogP contribution < -0.4 is 10.6 Å². The standard InChI is InChI=1S/C16H14FN3O4/c1-10-2-3-11(8-14(10)20(23)24)16(22)18-9-15(21)19-13-6-4-12(17)5-7-13/h2-8H,9H2,1H3,(H,18,22)(H,19,21). The molecule has 0 aliphatic heterocycles. The first-order valence-electron chi connectivity index (χ1n) is 6.95. The van der Waals surface area contributed by atoms with Gasteiger partial charge in [-0.3, -0.25) is 19.7 Å². The predicted molar refractivity (Wildman–Crippen MR) is 85.2 cm³/mol. The lowest BCUT2D eigenvalue weighted by Gasteiger charge is -2.07. The summed E-state index contributed by atoms with van der Waals surface area (Å²) in [6.07, 6.45) is 0. The van der Waals surface area contributed by atoms with Gasteiger partial charge in [-0.05, 0) is 37.3 Å². The van der Waals surface area contributed by atoms with Crippen LogP contribution in [0.5, 0.6) is 0 Å². The molecule has 0 saturated heterocycles. The first-order chi connectivity index (χ1) is 11.4. The number of nitrogens with zero attached hydrogens (tertiary/aromatic N) is 1. The van der Waals surface area contributed by atoms with Crippen LogP contribution in [0.2, 0.25) is 0 Å². The number of amides is 2. The van der Waals surface area contributed by atoms with Gasteiger partial charge < -0.3 is 10.6 Å². The molecule has 7 nitrogen and oxygen atoms in total. The Morgan fingerprint density at radius 2 is 1.83 bits per heavy atom. The Labute approximate surface area is 136 Å². The van der Waals surface area contributed by atoms with Crippen molar-refractivity contribution in [2.24, 2.45) is 0 Å². The molecule has 2 N–H and O–H groups in total. The van der Waals surface area contributed by atoms with Gasteiger partial charge in [0.05, 0.1) is 11.5 Å². The van der Waals surface area contributed by atoms with E-state index in [9.17, 15) is 24.1 Å². The minimum absolute atomic E-state index is 0.0851. The summed E-state index contributed by atoms with van der Waals surface area (Å²) in [6.45, 7) is 1.24. The van der Waals surface area contributed by atoms with Crippen molar-refractivity contribution in [3.8, 4) is 0 Å². The number of carbonyl (C=O) groups is 2. The largest absolute Gasteiger partial charge is 0.343 e.